The topological polar surface area (TPSA) is 9.86 Å². The van der Waals surface area contributed by atoms with Crippen molar-refractivity contribution in [3.8, 4) is 11.4 Å². The van der Waals surface area contributed by atoms with E-state index in [4.69, 9.17) is 0 Å². The molecule has 0 N–H and O–H groups in total. The Hall–Kier alpha value is -3.34. The van der Waals surface area contributed by atoms with E-state index < -0.39 is 0 Å². The number of benzene rings is 5. The highest BCUT2D eigenvalue weighted by atomic mass is 79.9. The van der Waals surface area contributed by atoms with Crippen LogP contribution in [-0.4, -0.2) is 9.13 Å². The van der Waals surface area contributed by atoms with Gasteiger partial charge in [0, 0.05) is 41.9 Å². The number of hydrogen-bond acceptors (Lipinski definition) is 0. The molecule has 0 amide bonds. The molecule has 5 aromatic carbocycles. The monoisotopic (exact) mass is 564 g/mol. The summed E-state index contributed by atoms with van der Waals surface area (Å²) in [5.74, 6) is 0. The molecule has 4 heteroatoms. The first kappa shape index (κ1) is 20.1. The molecular weight excluding hydrogens is 548 g/mol. The minimum Gasteiger partial charge on any atom is -0.309 e. The van der Waals surface area contributed by atoms with E-state index >= 15 is 0 Å². The first-order chi connectivity index (χ1) is 16.7. The van der Waals surface area contributed by atoms with Crippen molar-refractivity contribution >= 4 is 75.5 Å². The normalized spacial score (nSPS) is 11.8. The van der Waals surface area contributed by atoms with Crippen LogP contribution in [0.5, 0.6) is 0 Å². The van der Waals surface area contributed by atoms with E-state index in [0.717, 1.165) is 20.3 Å². The van der Waals surface area contributed by atoms with Gasteiger partial charge in [-0.15, -0.1) is 0 Å². The molecular formula is C30H18Br2N2. The van der Waals surface area contributed by atoms with Gasteiger partial charge >= 0.3 is 0 Å². The molecule has 0 aliphatic heterocycles. The second kappa shape index (κ2) is 7.59. The molecule has 7 rings (SSSR count). The van der Waals surface area contributed by atoms with Crippen molar-refractivity contribution in [1.82, 2.24) is 9.13 Å². The minimum atomic E-state index is 1.09. The van der Waals surface area contributed by atoms with Crippen LogP contribution in [0.2, 0.25) is 0 Å². The van der Waals surface area contributed by atoms with Crippen molar-refractivity contribution in [3.63, 3.8) is 0 Å². The van der Waals surface area contributed by atoms with Crippen LogP contribution in [0.1, 0.15) is 0 Å². The molecule has 0 saturated carbocycles. The zero-order chi connectivity index (χ0) is 22.8. The third kappa shape index (κ3) is 2.92. The highest BCUT2D eigenvalue weighted by molar-refractivity contribution is 9.10. The summed E-state index contributed by atoms with van der Waals surface area (Å²) < 4.78 is 6.89. The number of nitrogens with zero attached hydrogens (tertiary/aromatic N) is 2. The zero-order valence-electron chi connectivity index (χ0n) is 18.0. The second-order valence-corrected chi connectivity index (χ2v) is 10.4. The Kier molecular flexibility index (Phi) is 4.48. The van der Waals surface area contributed by atoms with Crippen LogP contribution in [0.15, 0.2) is 118 Å². The highest BCUT2D eigenvalue weighted by Crippen LogP contribution is 2.36. The van der Waals surface area contributed by atoms with E-state index in [1.54, 1.807) is 0 Å². The molecule has 0 saturated heterocycles. The largest absolute Gasteiger partial charge is 0.309 e. The van der Waals surface area contributed by atoms with Crippen molar-refractivity contribution in [2.24, 2.45) is 0 Å². The van der Waals surface area contributed by atoms with Crippen molar-refractivity contribution < 1.29 is 0 Å². The molecule has 0 bridgehead atoms. The fourth-order valence-electron chi connectivity index (χ4n) is 5.20. The smallest absolute Gasteiger partial charge is 0.0541 e. The van der Waals surface area contributed by atoms with Gasteiger partial charge in [0.15, 0.2) is 0 Å². The predicted molar refractivity (Wildman–Crippen MR) is 151 cm³/mol. The summed E-state index contributed by atoms with van der Waals surface area (Å²) in [7, 11) is 0. The number of hydrogen-bond donors (Lipinski definition) is 0. The van der Waals surface area contributed by atoms with Gasteiger partial charge < -0.3 is 9.13 Å². The van der Waals surface area contributed by atoms with Gasteiger partial charge in [0.05, 0.1) is 22.1 Å². The van der Waals surface area contributed by atoms with E-state index in [1.165, 1.54) is 43.6 Å². The lowest BCUT2D eigenvalue weighted by Gasteiger charge is -2.11. The molecule has 2 aromatic heterocycles. The van der Waals surface area contributed by atoms with Gasteiger partial charge in [0.1, 0.15) is 0 Å². The molecule has 7 aromatic rings. The van der Waals surface area contributed by atoms with Gasteiger partial charge in [-0.3, -0.25) is 0 Å². The molecule has 0 aliphatic carbocycles. The van der Waals surface area contributed by atoms with Crippen LogP contribution in [0.3, 0.4) is 0 Å². The SMILES string of the molecule is Brc1ccc2c(c1)c1ccccc1n2-c1ccc(-n2c3ccccc3c3cc(Br)ccc32)cc1. The minimum absolute atomic E-state index is 1.09. The van der Waals surface area contributed by atoms with Crippen molar-refractivity contribution in [3.05, 3.63) is 118 Å². The highest BCUT2D eigenvalue weighted by Gasteiger charge is 2.14. The van der Waals surface area contributed by atoms with Gasteiger partial charge in [0.25, 0.3) is 0 Å². The third-order valence-electron chi connectivity index (χ3n) is 6.64. The Labute approximate surface area is 213 Å². The summed E-state index contributed by atoms with van der Waals surface area (Å²) in [5.41, 5.74) is 7.15. The first-order valence-electron chi connectivity index (χ1n) is 11.2. The molecule has 162 valence electrons. The van der Waals surface area contributed by atoms with Gasteiger partial charge in [-0.25, -0.2) is 0 Å². The fraction of sp³-hybridized carbons (Fsp3) is 0. The quantitative estimate of drug-likeness (QED) is 0.197. The lowest BCUT2D eigenvalue weighted by Crippen LogP contribution is -1.97. The van der Waals surface area contributed by atoms with E-state index in [2.05, 4.69) is 150 Å². The average molecular weight is 566 g/mol. The lowest BCUT2D eigenvalue weighted by molar-refractivity contribution is 1.14. The van der Waals surface area contributed by atoms with Crippen LogP contribution in [0.4, 0.5) is 0 Å². The summed E-state index contributed by atoms with van der Waals surface area (Å²) in [6, 6.07) is 39.2. The standard InChI is InChI=1S/C30H18Br2N2/c31-19-9-15-29-25(17-19)23-5-1-3-7-27(23)33(29)21-11-13-22(14-12-21)34-28-8-4-2-6-24(28)26-18-20(32)10-16-30(26)34/h1-18H. The van der Waals surface area contributed by atoms with Crippen LogP contribution >= 0.6 is 31.9 Å². The van der Waals surface area contributed by atoms with Crippen LogP contribution < -0.4 is 0 Å². The maximum Gasteiger partial charge on any atom is 0.0541 e. The van der Waals surface area contributed by atoms with Crippen molar-refractivity contribution in [2.45, 2.75) is 0 Å². The van der Waals surface area contributed by atoms with E-state index in [9.17, 15) is 0 Å². The molecule has 0 aliphatic rings. The summed E-state index contributed by atoms with van der Waals surface area (Å²) in [6.07, 6.45) is 0. The molecule has 0 unspecified atom stereocenters. The summed E-state index contributed by atoms with van der Waals surface area (Å²) in [5, 5.41) is 5.02. The number of fused-ring (bicyclic) bond motifs is 6. The number of halogens is 2. The molecule has 0 atom stereocenters. The second-order valence-electron chi connectivity index (χ2n) is 8.54. The molecule has 2 nitrogen and oxygen atoms in total. The Morgan fingerprint density at radius 2 is 0.765 bits per heavy atom. The van der Waals surface area contributed by atoms with E-state index in [-0.39, 0.29) is 0 Å². The Morgan fingerprint density at radius 3 is 1.21 bits per heavy atom. The summed E-state index contributed by atoms with van der Waals surface area (Å²) in [4.78, 5) is 0. The average Bonchev–Trinajstić information content (AvgIpc) is 3.37. The van der Waals surface area contributed by atoms with Crippen LogP contribution in [0, 0.1) is 0 Å². The predicted octanol–water partition coefficient (Wildman–Crippen LogP) is 9.41. The Morgan fingerprint density at radius 1 is 0.382 bits per heavy atom. The fourth-order valence-corrected chi connectivity index (χ4v) is 5.92. The molecule has 34 heavy (non-hydrogen) atoms. The number of aromatic nitrogens is 2. The summed E-state index contributed by atoms with van der Waals surface area (Å²) >= 11 is 7.29. The third-order valence-corrected chi connectivity index (χ3v) is 7.62. The number of para-hydroxylation sites is 2. The van der Waals surface area contributed by atoms with Gasteiger partial charge in [-0.05, 0) is 72.8 Å². The van der Waals surface area contributed by atoms with Gasteiger partial charge in [-0.2, -0.15) is 0 Å². The Balaban J connectivity index is 1.46. The van der Waals surface area contributed by atoms with E-state index in [1.807, 2.05) is 0 Å². The van der Waals surface area contributed by atoms with Crippen LogP contribution in [-0.2, 0) is 0 Å². The maximum absolute atomic E-state index is 3.64. The maximum atomic E-state index is 3.64. The van der Waals surface area contributed by atoms with Crippen LogP contribution in [0.25, 0.3) is 55.0 Å². The molecule has 0 radical (unpaired) electrons. The van der Waals surface area contributed by atoms with E-state index in [0.29, 0.717) is 0 Å². The van der Waals surface area contributed by atoms with Crippen molar-refractivity contribution in [2.75, 3.05) is 0 Å². The number of rotatable bonds is 2. The lowest BCUT2D eigenvalue weighted by atomic mass is 10.2. The first-order valence-corrected chi connectivity index (χ1v) is 12.8. The molecule has 2 heterocycles. The molecule has 0 fully saturated rings. The van der Waals surface area contributed by atoms with Gasteiger partial charge in [-0.1, -0.05) is 68.3 Å². The van der Waals surface area contributed by atoms with Gasteiger partial charge in [0.2, 0.25) is 0 Å². The molecule has 0 spiro atoms. The summed E-state index contributed by atoms with van der Waals surface area (Å²) in [6.45, 7) is 0. The zero-order valence-corrected chi connectivity index (χ0v) is 21.2. The Bertz CT molecular complexity index is 1740. The van der Waals surface area contributed by atoms with Crippen molar-refractivity contribution in [1.29, 1.82) is 0 Å².